The topological polar surface area (TPSA) is 53.1 Å². The van der Waals surface area contributed by atoms with E-state index < -0.39 is 11.9 Å². The minimum atomic E-state index is -0.762. The minimum Gasteiger partial charge on any atom is -0.481 e. The van der Waals surface area contributed by atoms with Gasteiger partial charge in [-0.25, -0.2) is 0 Å². The van der Waals surface area contributed by atoms with Crippen molar-refractivity contribution in [3.05, 3.63) is 36.0 Å². The Morgan fingerprint density at radius 2 is 2.12 bits per heavy atom. The first kappa shape index (κ1) is 13.3. The molecule has 2 aromatic rings. The van der Waals surface area contributed by atoms with Crippen molar-refractivity contribution in [3.8, 4) is 0 Å². The van der Waals surface area contributed by atoms with Gasteiger partial charge in [0.05, 0.1) is 5.92 Å². The van der Waals surface area contributed by atoms with E-state index in [0.717, 1.165) is 16.5 Å². The number of carboxylic acid groups (broad SMARTS) is 1. The molecule has 0 aliphatic rings. The SMILES string of the molecule is CCC(C(=O)O)c1c[nH]c2ccccc12.[Na+]. The van der Waals surface area contributed by atoms with Gasteiger partial charge in [-0.2, -0.15) is 0 Å². The number of rotatable bonds is 3. The summed E-state index contributed by atoms with van der Waals surface area (Å²) in [5.74, 6) is -1.18. The maximum Gasteiger partial charge on any atom is 1.00 e. The third-order valence-corrected chi connectivity index (χ3v) is 2.70. The number of para-hydroxylation sites is 1. The van der Waals surface area contributed by atoms with Crippen LogP contribution in [0, 0.1) is 0 Å². The molecule has 2 rings (SSSR count). The molecule has 3 nitrogen and oxygen atoms in total. The van der Waals surface area contributed by atoms with Gasteiger partial charge in [-0.05, 0) is 18.1 Å². The van der Waals surface area contributed by atoms with Crippen LogP contribution in [0.5, 0.6) is 0 Å². The summed E-state index contributed by atoms with van der Waals surface area (Å²) in [5.41, 5.74) is 1.87. The molecule has 0 fully saturated rings. The zero-order valence-electron chi connectivity index (χ0n) is 9.53. The average Bonchev–Trinajstić information content (AvgIpc) is 2.63. The fraction of sp³-hybridized carbons (Fsp3) is 0.250. The average molecular weight is 226 g/mol. The van der Waals surface area contributed by atoms with Crippen LogP contribution >= 0.6 is 0 Å². The molecule has 0 radical (unpaired) electrons. The van der Waals surface area contributed by atoms with Gasteiger partial charge >= 0.3 is 35.5 Å². The zero-order valence-corrected chi connectivity index (χ0v) is 11.5. The number of benzene rings is 1. The number of aromatic amines is 1. The van der Waals surface area contributed by atoms with Crippen LogP contribution in [0.1, 0.15) is 24.8 Å². The fourth-order valence-corrected chi connectivity index (χ4v) is 1.91. The molecule has 0 aliphatic heterocycles. The standard InChI is InChI=1S/C12H13NO2.Na/c1-2-8(12(14)15)10-7-13-11-6-4-3-5-9(10)11;/h3-8,13H,2H2,1H3,(H,14,15);/q;+1. The molecule has 1 unspecified atom stereocenters. The predicted octanol–water partition coefficient (Wildman–Crippen LogP) is -0.250. The molecule has 0 saturated heterocycles. The Kier molecular flexibility index (Phi) is 4.59. The molecule has 0 bridgehead atoms. The molecule has 16 heavy (non-hydrogen) atoms. The number of hydrogen-bond donors (Lipinski definition) is 2. The number of hydrogen-bond acceptors (Lipinski definition) is 1. The van der Waals surface area contributed by atoms with Gasteiger partial charge < -0.3 is 10.1 Å². The van der Waals surface area contributed by atoms with Crippen molar-refractivity contribution in [1.29, 1.82) is 0 Å². The Balaban J connectivity index is 0.00000128. The maximum absolute atomic E-state index is 11.1. The predicted molar refractivity (Wildman–Crippen MR) is 59.0 cm³/mol. The van der Waals surface area contributed by atoms with E-state index in [9.17, 15) is 4.79 Å². The quantitative estimate of drug-likeness (QED) is 0.709. The molecule has 0 spiro atoms. The monoisotopic (exact) mass is 226 g/mol. The van der Waals surface area contributed by atoms with E-state index in [1.165, 1.54) is 0 Å². The minimum absolute atomic E-state index is 0. The molecule has 4 heteroatoms. The Bertz CT molecular complexity index is 492. The van der Waals surface area contributed by atoms with Crippen molar-refractivity contribution >= 4 is 16.9 Å². The Morgan fingerprint density at radius 3 is 2.75 bits per heavy atom. The van der Waals surface area contributed by atoms with Gasteiger partial charge in [-0.15, -0.1) is 0 Å². The Hall–Kier alpha value is -0.770. The van der Waals surface area contributed by atoms with Crippen LogP contribution in [0.2, 0.25) is 0 Å². The summed E-state index contributed by atoms with van der Waals surface area (Å²) in [4.78, 5) is 14.2. The summed E-state index contributed by atoms with van der Waals surface area (Å²) in [6, 6.07) is 7.76. The molecule has 1 aromatic carbocycles. The van der Waals surface area contributed by atoms with Crippen molar-refractivity contribution in [1.82, 2.24) is 4.98 Å². The zero-order chi connectivity index (χ0) is 10.8. The van der Waals surface area contributed by atoms with E-state index in [-0.39, 0.29) is 29.6 Å². The second kappa shape index (κ2) is 5.53. The van der Waals surface area contributed by atoms with Crippen LogP contribution in [-0.2, 0) is 4.79 Å². The third kappa shape index (κ3) is 2.32. The summed E-state index contributed by atoms with van der Waals surface area (Å²) in [7, 11) is 0. The summed E-state index contributed by atoms with van der Waals surface area (Å²) in [5, 5.41) is 10.1. The number of carboxylic acids is 1. The largest absolute Gasteiger partial charge is 1.00 e. The third-order valence-electron chi connectivity index (χ3n) is 2.70. The molecule has 78 valence electrons. The van der Waals surface area contributed by atoms with Crippen molar-refractivity contribution in [2.24, 2.45) is 0 Å². The molecule has 0 aliphatic carbocycles. The Morgan fingerprint density at radius 1 is 1.44 bits per heavy atom. The first-order valence-electron chi connectivity index (χ1n) is 5.03. The van der Waals surface area contributed by atoms with Crippen molar-refractivity contribution in [2.75, 3.05) is 0 Å². The van der Waals surface area contributed by atoms with Crippen LogP contribution in [0.25, 0.3) is 10.9 Å². The van der Waals surface area contributed by atoms with Crippen molar-refractivity contribution in [3.63, 3.8) is 0 Å². The first-order valence-corrected chi connectivity index (χ1v) is 5.03. The first-order chi connectivity index (χ1) is 7.24. The molecule has 0 saturated carbocycles. The summed E-state index contributed by atoms with van der Waals surface area (Å²) >= 11 is 0. The number of carbonyl (C=O) groups is 1. The smallest absolute Gasteiger partial charge is 0.481 e. The van der Waals surface area contributed by atoms with Gasteiger partial charge in [-0.1, -0.05) is 25.1 Å². The molecule has 1 heterocycles. The fourth-order valence-electron chi connectivity index (χ4n) is 1.91. The van der Waals surface area contributed by atoms with Gasteiger partial charge in [0.1, 0.15) is 0 Å². The molecule has 0 amide bonds. The van der Waals surface area contributed by atoms with Crippen molar-refractivity contribution < 1.29 is 39.5 Å². The second-order valence-electron chi connectivity index (χ2n) is 3.59. The van der Waals surface area contributed by atoms with E-state index in [2.05, 4.69) is 4.98 Å². The molecular weight excluding hydrogens is 213 g/mol. The Labute approximate surface area is 116 Å². The molecular formula is C12H13NNaO2+. The maximum atomic E-state index is 11.1. The number of aliphatic carboxylic acids is 1. The van der Waals surface area contributed by atoms with Crippen molar-refractivity contribution in [2.45, 2.75) is 19.3 Å². The van der Waals surface area contributed by atoms with Crippen LogP contribution < -0.4 is 29.6 Å². The number of nitrogens with one attached hydrogen (secondary N) is 1. The molecule has 1 aromatic heterocycles. The van der Waals surface area contributed by atoms with Crippen LogP contribution in [0.3, 0.4) is 0 Å². The van der Waals surface area contributed by atoms with Crippen LogP contribution in [0.4, 0.5) is 0 Å². The summed E-state index contributed by atoms with van der Waals surface area (Å²) in [6.45, 7) is 1.89. The normalized spacial score (nSPS) is 12.1. The number of aromatic nitrogens is 1. The summed E-state index contributed by atoms with van der Waals surface area (Å²) in [6.07, 6.45) is 2.41. The van der Waals surface area contributed by atoms with Gasteiger partial charge in [0.15, 0.2) is 0 Å². The molecule has 2 N–H and O–H groups in total. The second-order valence-corrected chi connectivity index (χ2v) is 3.59. The van der Waals surface area contributed by atoms with E-state index in [4.69, 9.17) is 5.11 Å². The van der Waals surface area contributed by atoms with E-state index in [0.29, 0.717) is 6.42 Å². The number of H-pyrrole nitrogens is 1. The van der Waals surface area contributed by atoms with Gasteiger partial charge in [0.2, 0.25) is 0 Å². The van der Waals surface area contributed by atoms with Gasteiger partial charge in [0, 0.05) is 17.1 Å². The van der Waals surface area contributed by atoms with E-state index >= 15 is 0 Å². The summed E-state index contributed by atoms with van der Waals surface area (Å²) < 4.78 is 0. The molecule has 1 atom stereocenters. The van der Waals surface area contributed by atoms with E-state index in [1.54, 1.807) is 6.20 Å². The van der Waals surface area contributed by atoms with Gasteiger partial charge in [0.25, 0.3) is 0 Å². The van der Waals surface area contributed by atoms with Gasteiger partial charge in [-0.3, -0.25) is 4.79 Å². The van der Waals surface area contributed by atoms with Crippen LogP contribution in [-0.4, -0.2) is 16.1 Å². The van der Waals surface area contributed by atoms with Crippen LogP contribution in [0.15, 0.2) is 30.5 Å². The number of fused-ring (bicyclic) bond motifs is 1. The van der Waals surface area contributed by atoms with E-state index in [1.807, 2.05) is 31.2 Å².